The number of aliphatic hydroxyl groups is 1. The molecule has 1 N–H and O–H groups in total. The van der Waals surface area contributed by atoms with Crippen molar-refractivity contribution in [2.45, 2.75) is 20.0 Å². The summed E-state index contributed by atoms with van der Waals surface area (Å²) in [5.41, 5.74) is 1.91. The smallest absolute Gasteiger partial charge is 0.122 e. The maximum atomic E-state index is 9.53. The minimum absolute atomic E-state index is 0.460. The van der Waals surface area contributed by atoms with E-state index >= 15 is 0 Å². The Labute approximate surface area is 133 Å². The van der Waals surface area contributed by atoms with Gasteiger partial charge in [-0.2, -0.15) is 0 Å². The van der Waals surface area contributed by atoms with Crippen molar-refractivity contribution in [2.75, 3.05) is 13.2 Å². The van der Waals surface area contributed by atoms with Gasteiger partial charge in [-0.15, -0.1) is 0 Å². The van der Waals surface area contributed by atoms with Crippen LogP contribution in [0.1, 0.15) is 24.2 Å². The fourth-order valence-electron chi connectivity index (χ4n) is 1.94. The van der Waals surface area contributed by atoms with Crippen molar-refractivity contribution in [2.24, 2.45) is 0 Å². The molecular weight excluding hydrogens is 332 g/mol. The van der Waals surface area contributed by atoms with E-state index in [1.807, 2.05) is 49.4 Å². The van der Waals surface area contributed by atoms with E-state index in [0.29, 0.717) is 13.2 Å². The third-order valence-corrected chi connectivity index (χ3v) is 3.63. The van der Waals surface area contributed by atoms with Crippen LogP contribution in [0.15, 0.2) is 46.9 Å². The van der Waals surface area contributed by atoms with E-state index in [4.69, 9.17) is 9.47 Å². The Morgan fingerprint density at radius 2 is 1.71 bits per heavy atom. The molecule has 0 aromatic heterocycles. The molecule has 2 rings (SSSR count). The van der Waals surface area contributed by atoms with E-state index in [1.165, 1.54) is 0 Å². The summed E-state index contributed by atoms with van der Waals surface area (Å²) in [5.74, 6) is 1.64. The van der Waals surface area contributed by atoms with E-state index < -0.39 is 6.10 Å². The summed E-state index contributed by atoms with van der Waals surface area (Å²) in [6.45, 7) is 4.68. The second kappa shape index (κ2) is 7.48. The number of aliphatic hydroxyl groups excluding tert-OH is 1. The molecule has 0 fully saturated rings. The van der Waals surface area contributed by atoms with E-state index in [1.54, 1.807) is 6.92 Å². The normalized spacial score (nSPS) is 12.0. The lowest BCUT2D eigenvalue weighted by Gasteiger charge is -2.12. The van der Waals surface area contributed by atoms with Crippen LogP contribution in [-0.2, 0) is 0 Å². The molecule has 3 nitrogen and oxygen atoms in total. The minimum Gasteiger partial charge on any atom is -0.490 e. The Hall–Kier alpha value is -1.52. The first-order chi connectivity index (χ1) is 10.1. The van der Waals surface area contributed by atoms with Crippen LogP contribution < -0.4 is 9.47 Å². The standard InChI is InChI=1S/C17H19BrO3/c1-12-11-14(13(2)19)3-8-17(12)21-10-9-20-16-6-4-15(18)5-7-16/h3-8,11,13,19H,9-10H2,1-2H3/t13-/m1/s1. The first-order valence-electron chi connectivity index (χ1n) is 6.86. The molecule has 4 heteroatoms. The second-order valence-corrected chi connectivity index (χ2v) is 5.77. The van der Waals surface area contributed by atoms with Gasteiger partial charge in [-0.25, -0.2) is 0 Å². The highest BCUT2D eigenvalue weighted by molar-refractivity contribution is 9.10. The first-order valence-corrected chi connectivity index (χ1v) is 7.65. The van der Waals surface area contributed by atoms with E-state index in [9.17, 15) is 5.11 Å². The molecule has 21 heavy (non-hydrogen) atoms. The van der Waals surface area contributed by atoms with Crippen LogP contribution in [0.5, 0.6) is 11.5 Å². The summed E-state index contributed by atoms with van der Waals surface area (Å²) in [7, 11) is 0. The topological polar surface area (TPSA) is 38.7 Å². The van der Waals surface area contributed by atoms with E-state index in [2.05, 4.69) is 15.9 Å². The molecule has 112 valence electrons. The van der Waals surface area contributed by atoms with Gasteiger partial charge in [0.1, 0.15) is 24.7 Å². The molecule has 0 spiro atoms. The SMILES string of the molecule is Cc1cc([C@@H](C)O)ccc1OCCOc1ccc(Br)cc1. The average Bonchev–Trinajstić information content (AvgIpc) is 2.46. The van der Waals surface area contributed by atoms with Gasteiger partial charge in [-0.1, -0.05) is 22.0 Å². The van der Waals surface area contributed by atoms with Gasteiger partial charge in [-0.3, -0.25) is 0 Å². The highest BCUT2D eigenvalue weighted by Gasteiger charge is 2.05. The molecule has 2 aromatic carbocycles. The zero-order chi connectivity index (χ0) is 15.2. The van der Waals surface area contributed by atoms with Crippen LogP contribution in [0, 0.1) is 6.92 Å². The minimum atomic E-state index is -0.460. The third-order valence-electron chi connectivity index (χ3n) is 3.10. The lowest BCUT2D eigenvalue weighted by molar-refractivity contribution is 0.198. The molecule has 0 aliphatic heterocycles. The molecule has 0 radical (unpaired) electrons. The van der Waals surface area contributed by atoms with Crippen molar-refractivity contribution in [3.63, 3.8) is 0 Å². The van der Waals surface area contributed by atoms with Gasteiger partial charge in [0.2, 0.25) is 0 Å². The lowest BCUT2D eigenvalue weighted by atomic mass is 10.1. The molecule has 1 atom stereocenters. The molecule has 0 heterocycles. The van der Waals surface area contributed by atoms with Crippen LogP contribution in [0.4, 0.5) is 0 Å². The van der Waals surface area contributed by atoms with Crippen molar-refractivity contribution in [1.82, 2.24) is 0 Å². The number of hydrogen-bond acceptors (Lipinski definition) is 3. The predicted molar refractivity (Wildman–Crippen MR) is 86.9 cm³/mol. The van der Waals surface area contributed by atoms with Crippen molar-refractivity contribution in [3.8, 4) is 11.5 Å². The van der Waals surface area contributed by atoms with Gasteiger partial charge in [0.05, 0.1) is 6.10 Å². The van der Waals surface area contributed by atoms with Crippen LogP contribution in [0.2, 0.25) is 0 Å². The Morgan fingerprint density at radius 3 is 2.33 bits per heavy atom. The molecule has 2 aromatic rings. The zero-order valence-electron chi connectivity index (χ0n) is 12.2. The summed E-state index contributed by atoms with van der Waals surface area (Å²) < 4.78 is 12.3. The van der Waals surface area contributed by atoms with Gasteiger partial charge in [-0.05, 0) is 61.4 Å². The van der Waals surface area contributed by atoms with Gasteiger partial charge in [0, 0.05) is 4.47 Å². The Balaban J connectivity index is 1.82. The number of halogens is 1. The number of benzene rings is 2. The highest BCUT2D eigenvalue weighted by Crippen LogP contribution is 2.22. The molecule has 0 amide bonds. The zero-order valence-corrected chi connectivity index (χ0v) is 13.8. The molecule has 0 saturated heterocycles. The predicted octanol–water partition coefficient (Wildman–Crippen LogP) is 4.27. The van der Waals surface area contributed by atoms with Crippen LogP contribution in [-0.4, -0.2) is 18.3 Å². The monoisotopic (exact) mass is 350 g/mol. The molecule has 0 aliphatic carbocycles. The van der Waals surface area contributed by atoms with Crippen LogP contribution in [0.25, 0.3) is 0 Å². The van der Waals surface area contributed by atoms with Crippen molar-refractivity contribution < 1.29 is 14.6 Å². The van der Waals surface area contributed by atoms with Gasteiger partial charge < -0.3 is 14.6 Å². The largest absolute Gasteiger partial charge is 0.490 e. The lowest BCUT2D eigenvalue weighted by Crippen LogP contribution is -2.09. The van der Waals surface area contributed by atoms with E-state index in [-0.39, 0.29) is 0 Å². The van der Waals surface area contributed by atoms with Gasteiger partial charge in [0.25, 0.3) is 0 Å². The first kappa shape index (κ1) is 15.9. The second-order valence-electron chi connectivity index (χ2n) is 4.85. The summed E-state index contributed by atoms with van der Waals surface area (Å²) in [4.78, 5) is 0. The summed E-state index contributed by atoms with van der Waals surface area (Å²) in [6, 6.07) is 13.4. The molecule has 0 saturated carbocycles. The fourth-order valence-corrected chi connectivity index (χ4v) is 2.20. The maximum absolute atomic E-state index is 9.53. The van der Waals surface area contributed by atoms with E-state index in [0.717, 1.165) is 27.1 Å². The fraction of sp³-hybridized carbons (Fsp3) is 0.294. The van der Waals surface area contributed by atoms with Gasteiger partial charge >= 0.3 is 0 Å². The molecular formula is C17H19BrO3. The Kier molecular flexibility index (Phi) is 5.65. The quantitative estimate of drug-likeness (QED) is 0.790. The summed E-state index contributed by atoms with van der Waals surface area (Å²) in [6.07, 6.45) is -0.460. The Bertz CT molecular complexity index is 579. The number of hydrogen-bond donors (Lipinski definition) is 1. The van der Waals surface area contributed by atoms with Crippen LogP contribution >= 0.6 is 15.9 Å². The highest BCUT2D eigenvalue weighted by atomic mass is 79.9. The molecule has 0 aliphatic rings. The maximum Gasteiger partial charge on any atom is 0.122 e. The molecule has 0 bridgehead atoms. The number of ether oxygens (including phenoxy) is 2. The summed E-state index contributed by atoms with van der Waals surface area (Å²) >= 11 is 3.38. The van der Waals surface area contributed by atoms with Crippen molar-refractivity contribution in [1.29, 1.82) is 0 Å². The van der Waals surface area contributed by atoms with Crippen molar-refractivity contribution >= 4 is 15.9 Å². The number of aryl methyl sites for hydroxylation is 1. The molecule has 0 unspecified atom stereocenters. The average molecular weight is 351 g/mol. The van der Waals surface area contributed by atoms with Crippen LogP contribution in [0.3, 0.4) is 0 Å². The third kappa shape index (κ3) is 4.76. The van der Waals surface area contributed by atoms with Gasteiger partial charge in [0.15, 0.2) is 0 Å². The Morgan fingerprint density at radius 1 is 1.05 bits per heavy atom. The van der Waals surface area contributed by atoms with Crippen molar-refractivity contribution in [3.05, 3.63) is 58.1 Å². The summed E-state index contributed by atoms with van der Waals surface area (Å²) in [5, 5.41) is 9.53. The number of rotatable bonds is 6.